The molecule has 2 heterocycles. The zero-order valence-corrected chi connectivity index (χ0v) is 19.8. The smallest absolute Gasteiger partial charge is 0.327 e. The first-order chi connectivity index (χ1) is 17.4. The van der Waals surface area contributed by atoms with Gasteiger partial charge in [0.2, 0.25) is 6.79 Å². The van der Waals surface area contributed by atoms with Crippen LogP contribution in [0.1, 0.15) is 62.9 Å². The average molecular weight is 505 g/mol. The summed E-state index contributed by atoms with van der Waals surface area (Å²) in [6, 6.07) is 1.19. The van der Waals surface area contributed by atoms with Gasteiger partial charge >= 0.3 is 11.9 Å². The summed E-state index contributed by atoms with van der Waals surface area (Å²) in [7, 11) is 0. The summed E-state index contributed by atoms with van der Waals surface area (Å²) in [5, 5.41) is 36.6. The molecule has 2 aliphatic rings. The molecule has 1 fully saturated rings. The number of aromatic nitrogens is 4. The van der Waals surface area contributed by atoms with Crippen LogP contribution in [0.5, 0.6) is 11.5 Å². The summed E-state index contributed by atoms with van der Waals surface area (Å²) >= 11 is 0. The number of hydrogen-bond donors (Lipinski definition) is 2. The van der Waals surface area contributed by atoms with E-state index < -0.39 is 28.9 Å². The van der Waals surface area contributed by atoms with Crippen LogP contribution in [0, 0.1) is 16.0 Å². The lowest BCUT2D eigenvalue weighted by Gasteiger charge is -2.33. The molecule has 0 radical (unpaired) electrons. The first-order valence-electron chi connectivity index (χ1n) is 11.8. The fourth-order valence-electron chi connectivity index (χ4n) is 4.80. The molecule has 4 rings (SSSR count). The van der Waals surface area contributed by atoms with Crippen LogP contribution in [-0.4, -0.2) is 61.6 Å². The number of rotatable bonds is 11. The number of nitrogens with zero attached hydrogens (tertiary/aromatic N) is 5. The standard InChI is InChI=1S/C22H28N6O8/c1-2-34-20(31)11-27-22(24-25-26-27)21(23-15(9-19(29)30)13-6-4-3-5-7-13)14-8-17-18(36-12-35-17)10-16(14)28(32)33/h8,10,13,15,21,23H,2-7,9,11-12H2,1H3,(H,29,30). The van der Waals surface area contributed by atoms with Crippen molar-refractivity contribution in [3.05, 3.63) is 33.6 Å². The van der Waals surface area contributed by atoms with Crippen molar-refractivity contribution < 1.29 is 33.8 Å². The Labute approximate surface area is 206 Å². The number of nitrogens with one attached hydrogen (secondary N) is 1. The normalized spacial score (nSPS) is 16.9. The van der Waals surface area contributed by atoms with E-state index in [1.54, 1.807) is 6.92 Å². The first kappa shape index (κ1) is 25.3. The third kappa shape index (κ3) is 5.70. The molecule has 14 heteroatoms. The quantitative estimate of drug-likeness (QED) is 0.258. The van der Waals surface area contributed by atoms with Gasteiger partial charge in [0.25, 0.3) is 5.69 Å². The minimum Gasteiger partial charge on any atom is -0.481 e. The summed E-state index contributed by atoms with van der Waals surface area (Å²) < 4.78 is 17.0. The van der Waals surface area contributed by atoms with Crippen molar-refractivity contribution in [1.82, 2.24) is 25.5 Å². The van der Waals surface area contributed by atoms with Gasteiger partial charge in [0.15, 0.2) is 17.3 Å². The average Bonchev–Trinajstić information content (AvgIpc) is 3.50. The lowest BCUT2D eigenvalue weighted by atomic mass is 9.82. The Morgan fingerprint density at radius 1 is 1.28 bits per heavy atom. The number of ether oxygens (including phenoxy) is 3. The van der Waals surface area contributed by atoms with Crippen molar-refractivity contribution >= 4 is 17.6 Å². The van der Waals surface area contributed by atoms with E-state index in [0.29, 0.717) is 5.75 Å². The van der Waals surface area contributed by atoms with E-state index in [9.17, 15) is 24.8 Å². The maximum atomic E-state index is 12.2. The summed E-state index contributed by atoms with van der Waals surface area (Å²) in [6.45, 7) is 1.42. The van der Waals surface area contributed by atoms with Gasteiger partial charge < -0.3 is 19.3 Å². The van der Waals surface area contributed by atoms with Crippen LogP contribution in [0.3, 0.4) is 0 Å². The van der Waals surface area contributed by atoms with E-state index in [1.165, 1.54) is 16.8 Å². The number of carbonyl (C=O) groups is 2. The predicted molar refractivity (Wildman–Crippen MR) is 121 cm³/mol. The number of benzene rings is 1. The molecule has 1 aliphatic heterocycles. The molecule has 1 saturated carbocycles. The molecule has 2 N–H and O–H groups in total. The molecule has 0 bridgehead atoms. The zero-order chi connectivity index (χ0) is 25.7. The number of nitro groups is 1. The molecular weight excluding hydrogens is 476 g/mol. The van der Waals surface area contributed by atoms with E-state index in [0.717, 1.165) is 32.1 Å². The van der Waals surface area contributed by atoms with E-state index >= 15 is 0 Å². The zero-order valence-electron chi connectivity index (χ0n) is 19.8. The minimum atomic E-state index is -1.02. The third-order valence-corrected chi connectivity index (χ3v) is 6.43. The summed E-state index contributed by atoms with van der Waals surface area (Å²) in [6.07, 6.45) is 4.48. The molecular formula is C22H28N6O8. The Balaban J connectivity index is 1.79. The van der Waals surface area contributed by atoms with Crippen molar-refractivity contribution in [2.45, 2.75) is 64.1 Å². The molecule has 0 saturated heterocycles. The van der Waals surface area contributed by atoms with Crippen LogP contribution in [-0.2, 0) is 20.9 Å². The van der Waals surface area contributed by atoms with Crippen LogP contribution in [0.4, 0.5) is 5.69 Å². The van der Waals surface area contributed by atoms with E-state index in [-0.39, 0.29) is 55.1 Å². The number of carboxylic acids is 1. The lowest BCUT2D eigenvalue weighted by Crippen LogP contribution is -2.42. The molecule has 2 atom stereocenters. The highest BCUT2D eigenvalue weighted by molar-refractivity contribution is 5.69. The molecule has 14 nitrogen and oxygen atoms in total. The highest BCUT2D eigenvalue weighted by Gasteiger charge is 2.36. The second-order valence-corrected chi connectivity index (χ2v) is 8.72. The Kier molecular flexibility index (Phi) is 7.93. The number of nitro benzene ring substituents is 1. The number of aliphatic carboxylic acids is 1. The van der Waals surface area contributed by atoms with Crippen LogP contribution >= 0.6 is 0 Å². The maximum Gasteiger partial charge on any atom is 0.327 e. The summed E-state index contributed by atoms with van der Waals surface area (Å²) in [5.41, 5.74) is -0.115. The van der Waals surface area contributed by atoms with Crippen molar-refractivity contribution in [3.63, 3.8) is 0 Å². The van der Waals surface area contributed by atoms with Gasteiger partial charge in [-0.1, -0.05) is 19.3 Å². The molecule has 1 aromatic heterocycles. The van der Waals surface area contributed by atoms with Crippen LogP contribution < -0.4 is 14.8 Å². The number of carboxylic acid groups (broad SMARTS) is 1. The number of carbonyl (C=O) groups excluding carboxylic acids is 1. The Morgan fingerprint density at radius 2 is 2.00 bits per heavy atom. The highest BCUT2D eigenvalue weighted by Crippen LogP contribution is 2.42. The topological polar surface area (TPSA) is 181 Å². The molecule has 1 aromatic carbocycles. The van der Waals surface area contributed by atoms with E-state index in [1.807, 2.05) is 0 Å². The third-order valence-electron chi connectivity index (χ3n) is 6.43. The van der Waals surface area contributed by atoms with Crippen LogP contribution in [0.25, 0.3) is 0 Å². The van der Waals surface area contributed by atoms with Gasteiger partial charge in [0, 0.05) is 6.04 Å². The Morgan fingerprint density at radius 3 is 2.67 bits per heavy atom. The summed E-state index contributed by atoms with van der Waals surface area (Å²) in [5.74, 6) is -0.901. The fourth-order valence-corrected chi connectivity index (χ4v) is 4.80. The predicted octanol–water partition coefficient (Wildman–Crippen LogP) is 1.98. The Hall–Kier alpha value is -3.81. The second kappa shape index (κ2) is 11.3. The van der Waals surface area contributed by atoms with Crippen molar-refractivity contribution in [1.29, 1.82) is 0 Å². The molecule has 1 aliphatic carbocycles. The first-order valence-corrected chi connectivity index (χ1v) is 11.8. The monoisotopic (exact) mass is 504 g/mol. The molecule has 0 spiro atoms. The maximum absolute atomic E-state index is 12.2. The van der Waals surface area contributed by atoms with Gasteiger partial charge in [0.05, 0.1) is 29.6 Å². The lowest BCUT2D eigenvalue weighted by molar-refractivity contribution is -0.385. The van der Waals surface area contributed by atoms with Crippen molar-refractivity contribution in [2.75, 3.05) is 13.4 Å². The number of esters is 1. The number of hydrogen-bond acceptors (Lipinski definition) is 11. The highest BCUT2D eigenvalue weighted by atomic mass is 16.7. The van der Waals surface area contributed by atoms with Gasteiger partial charge in [-0.05, 0) is 42.2 Å². The van der Waals surface area contributed by atoms with Gasteiger partial charge in [-0.3, -0.25) is 25.0 Å². The van der Waals surface area contributed by atoms with Gasteiger partial charge in [-0.2, -0.15) is 0 Å². The fraction of sp³-hybridized carbons (Fsp3) is 0.591. The number of tetrazole rings is 1. The van der Waals surface area contributed by atoms with Gasteiger partial charge in [-0.15, -0.1) is 5.10 Å². The van der Waals surface area contributed by atoms with Crippen LogP contribution in [0.2, 0.25) is 0 Å². The number of fused-ring (bicyclic) bond motifs is 1. The SMILES string of the molecule is CCOC(=O)Cn1nnnc1C(NC(CC(=O)O)C1CCCCC1)c1cc2c(cc1[N+](=O)[O-])OCO2. The van der Waals surface area contributed by atoms with Gasteiger partial charge in [-0.25, -0.2) is 4.68 Å². The van der Waals surface area contributed by atoms with Crippen LogP contribution in [0.15, 0.2) is 12.1 Å². The van der Waals surface area contributed by atoms with E-state index in [2.05, 4.69) is 20.8 Å². The van der Waals surface area contributed by atoms with Crippen molar-refractivity contribution in [2.24, 2.45) is 5.92 Å². The van der Waals surface area contributed by atoms with Crippen molar-refractivity contribution in [3.8, 4) is 11.5 Å². The Bertz CT molecular complexity index is 1120. The molecule has 36 heavy (non-hydrogen) atoms. The van der Waals surface area contributed by atoms with E-state index in [4.69, 9.17) is 14.2 Å². The van der Waals surface area contributed by atoms with Gasteiger partial charge in [0.1, 0.15) is 12.6 Å². The molecule has 194 valence electrons. The molecule has 0 amide bonds. The largest absolute Gasteiger partial charge is 0.481 e. The molecule has 2 unspecified atom stereocenters. The minimum absolute atomic E-state index is 0.0415. The molecule has 2 aromatic rings. The summed E-state index contributed by atoms with van der Waals surface area (Å²) in [4.78, 5) is 35.5. The second-order valence-electron chi connectivity index (χ2n) is 8.72.